The minimum Gasteiger partial charge on any atom is -0.393 e. The highest BCUT2D eigenvalue weighted by Crippen LogP contribution is 2.28. The first kappa shape index (κ1) is 18.6. The first-order valence-corrected chi connectivity index (χ1v) is 9.23. The van der Waals surface area contributed by atoms with E-state index in [-0.39, 0.29) is 17.6 Å². The van der Waals surface area contributed by atoms with Gasteiger partial charge in [0.25, 0.3) is 0 Å². The van der Waals surface area contributed by atoms with E-state index in [1.807, 2.05) is 11.8 Å². The van der Waals surface area contributed by atoms with Crippen LogP contribution in [0, 0.1) is 5.41 Å². The van der Waals surface area contributed by atoms with Crippen LogP contribution >= 0.6 is 11.8 Å². The number of rotatable bonds is 7. The predicted octanol–water partition coefficient (Wildman–Crippen LogP) is 3.15. The van der Waals surface area contributed by atoms with Gasteiger partial charge >= 0.3 is 6.03 Å². The molecule has 3 atom stereocenters. The SMILES string of the molecule is CCSC1CCCCC1NC(=O)NCC(C)(C)CC(C)O. The fourth-order valence-corrected chi connectivity index (χ4v) is 4.28. The number of nitrogens with one attached hydrogen (secondary N) is 2. The Labute approximate surface area is 133 Å². The van der Waals surface area contributed by atoms with Gasteiger partial charge in [0.1, 0.15) is 0 Å². The van der Waals surface area contributed by atoms with Crippen molar-refractivity contribution in [2.24, 2.45) is 5.41 Å². The van der Waals surface area contributed by atoms with Crippen LogP contribution in [0.1, 0.15) is 59.8 Å². The molecule has 3 N–H and O–H groups in total. The summed E-state index contributed by atoms with van der Waals surface area (Å²) in [6, 6.07) is 0.228. The summed E-state index contributed by atoms with van der Waals surface area (Å²) < 4.78 is 0. The number of aliphatic hydroxyl groups is 1. The van der Waals surface area contributed by atoms with Crippen LogP contribution in [0.2, 0.25) is 0 Å². The Morgan fingerprint density at radius 3 is 2.67 bits per heavy atom. The van der Waals surface area contributed by atoms with Crippen molar-refractivity contribution in [1.29, 1.82) is 0 Å². The Balaban J connectivity index is 2.38. The maximum atomic E-state index is 12.1. The first-order valence-electron chi connectivity index (χ1n) is 8.18. The average Bonchev–Trinajstić information content (AvgIpc) is 2.38. The van der Waals surface area contributed by atoms with Crippen LogP contribution in [0.15, 0.2) is 0 Å². The normalized spacial score (nSPS) is 24.4. The molecule has 0 heterocycles. The number of thioether (sulfide) groups is 1. The second kappa shape index (κ2) is 8.89. The molecule has 1 rings (SSSR count). The van der Waals surface area contributed by atoms with Gasteiger partial charge in [-0.05, 0) is 37.4 Å². The third kappa shape index (κ3) is 7.41. The second-order valence-corrected chi connectivity index (χ2v) is 8.45. The Morgan fingerprint density at radius 1 is 1.38 bits per heavy atom. The zero-order valence-electron chi connectivity index (χ0n) is 13.9. The van der Waals surface area contributed by atoms with E-state index < -0.39 is 0 Å². The van der Waals surface area contributed by atoms with E-state index >= 15 is 0 Å². The Kier molecular flexibility index (Phi) is 7.88. The van der Waals surface area contributed by atoms with E-state index in [2.05, 4.69) is 31.4 Å². The largest absolute Gasteiger partial charge is 0.393 e. The first-order chi connectivity index (χ1) is 9.84. The van der Waals surface area contributed by atoms with Crippen LogP contribution in [-0.4, -0.2) is 40.8 Å². The Bertz CT molecular complexity index is 319. The van der Waals surface area contributed by atoms with E-state index in [1.165, 1.54) is 19.3 Å². The molecule has 3 unspecified atom stereocenters. The molecule has 0 aromatic heterocycles. The lowest BCUT2D eigenvalue weighted by Gasteiger charge is -2.32. The quantitative estimate of drug-likeness (QED) is 0.676. The van der Waals surface area contributed by atoms with Gasteiger partial charge in [-0.15, -0.1) is 0 Å². The van der Waals surface area contributed by atoms with Crippen LogP contribution in [0.3, 0.4) is 0 Å². The molecule has 4 nitrogen and oxygen atoms in total. The molecule has 124 valence electrons. The lowest BCUT2D eigenvalue weighted by Crippen LogP contribution is -2.49. The molecule has 1 fully saturated rings. The highest BCUT2D eigenvalue weighted by molar-refractivity contribution is 7.99. The van der Waals surface area contributed by atoms with Gasteiger partial charge in [0.2, 0.25) is 0 Å². The molecule has 0 saturated heterocycles. The van der Waals surface area contributed by atoms with Gasteiger partial charge in [-0.2, -0.15) is 11.8 Å². The van der Waals surface area contributed by atoms with E-state index in [0.717, 1.165) is 12.2 Å². The number of amides is 2. The number of aliphatic hydroxyl groups excluding tert-OH is 1. The standard InChI is InChI=1S/C16H32N2O2S/c1-5-21-14-9-7-6-8-13(14)18-15(20)17-11-16(3,4)10-12(2)19/h12-14,19H,5-11H2,1-4H3,(H2,17,18,20). The minimum atomic E-state index is -0.339. The number of hydrogen-bond acceptors (Lipinski definition) is 3. The molecule has 2 amide bonds. The second-order valence-electron chi connectivity index (χ2n) is 6.93. The van der Waals surface area contributed by atoms with Crippen molar-refractivity contribution < 1.29 is 9.90 Å². The summed E-state index contributed by atoms with van der Waals surface area (Å²) in [6.07, 6.45) is 5.12. The number of carbonyl (C=O) groups excluding carboxylic acids is 1. The van der Waals surface area contributed by atoms with Crippen molar-refractivity contribution in [3.05, 3.63) is 0 Å². The molecule has 1 saturated carbocycles. The van der Waals surface area contributed by atoms with Crippen molar-refractivity contribution in [2.75, 3.05) is 12.3 Å². The van der Waals surface area contributed by atoms with Crippen molar-refractivity contribution in [3.63, 3.8) is 0 Å². The smallest absolute Gasteiger partial charge is 0.315 e. The molecular formula is C16H32N2O2S. The van der Waals surface area contributed by atoms with Gasteiger partial charge < -0.3 is 15.7 Å². The van der Waals surface area contributed by atoms with Crippen LogP contribution < -0.4 is 10.6 Å². The maximum absolute atomic E-state index is 12.1. The van der Waals surface area contributed by atoms with E-state index in [0.29, 0.717) is 24.3 Å². The van der Waals surface area contributed by atoms with Gasteiger partial charge in [-0.25, -0.2) is 4.79 Å². The lowest BCUT2D eigenvalue weighted by molar-refractivity contribution is 0.128. The van der Waals surface area contributed by atoms with Gasteiger partial charge in [0, 0.05) is 17.8 Å². The van der Waals surface area contributed by atoms with E-state index in [9.17, 15) is 9.90 Å². The minimum absolute atomic E-state index is 0.0673. The van der Waals surface area contributed by atoms with Crippen LogP contribution in [0.5, 0.6) is 0 Å². The van der Waals surface area contributed by atoms with Gasteiger partial charge in [0.05, 0.1) is 6.10 Å². The summed E-state index contributed by atoms with van der Waals surface area (Å²) >= 11 is 1.96. The molecule has 1 aliphatic rings. The summed E-state index contributed by atoms with van der Waals surface area (Å²) in [5.74, 6) is 1.10. The highest BCUT2D eigenvalue weighted by atomic mass is 32.2. The van der Waals surface area contributed by atoms with Gasteiger partial charge in [0.15, 0.2) is 0 Å². The van der Waals surface area contributed by atoms with Crippen molar-refractivity contribution >= 4 is 17.8 Å². The summed E-state index contributed by atoms with van der Waals surface area (Å²) in [5.41, 5.74) is -0.0877. The molecule has 1 aliphatic carbocycles. The average molecular weight is 317 g/mol. The molecule has 0 bridgehead atoms. The summed E-state index contributed by atoms with van der Waals surface area (Å²) in [5, 5.41) is 16.1. The van der Waals surface area contributed by atoms with Crippen molar-refractivity contribution in [1.82, 2.24) is 10.6 Å². The van der Waals surface area contributed by atoms with Crippen molar-refractivity contribution in [2.45, 2.75) is 77.2 Å². The van der Waals surface area contributed by atoms with Gasteiger partial charge in [-0.1, -0.05) is 33.6 Å². The van der Waals surface area contributed by atoms with Crippen LogP contribution in [-0.2, 0) is 0 Å². The molecule has 0 aromatic rings. The summed E-state index contributed by atoms with van der Waals surface area (Å²) in [6.45, 7) is 8.68. The topological polar surface area (TPSA) is 61.4 Å². The van der Waals surface area contributed by atoms with Gasteiger partial charge in [-0.3, -0.25) is 0 Å². The third-order valence-corrected chi connectivity index (χ3v) is 5.30. The Morgan fingerprint density at radius 2 is 2.05 bits per heavy atom. The molecule has 0 aliphatic heterocycles. The van der Waals surface area contributed by atoms with Crippen molar-refractivity contribution in [3.8, 4) is 0 Å². The fourth-order valence-electron chi connectivity index (χ4n) is 3.09. The van der Waals surface area contributed by atoms with Crippen LogP contribution in [0.25, 0.3) is 0 Å². The monoisotopic (exact) mass is 316 g/mol. The summed E-state index contributed by atoms with van der Waals surface area (Å²) in [4.78, 5) is 12.1. The molecule has 5 heteroatoms. The number of carbonyl (C=O) groups is 1. The Hall–Kier alpha value is -0.420. The van der Waals surface area contributed by atoms with Crippen LogP contribution in [0.4, 0.5) is 4.79 Å². The van der Waals surface area contributed by atoms with E-state index in [4.69, 9.17) is 0 Å². The molecule has 21 heavy (non-hydrogen) atoms. The van der Waals surface area contributed by atoms with E-state index in [1.54, 1.807) is 6.92 Å². The third-order valence-electron chi connectivity index (χ3n) is 3.98. The highest BCUT2D eigenvalue weighted by Gasteiger charge is 2.27. The fraction of sp³-hybridized carbons (Fsp3) is 0.938. The molecule has 0 spiro atoms. The molecular weight excluding hydrogens is 284 g/mol. The molecule has 0 aromatic carbocycles. The zero-order chi connectivity index (χ0) is 15.9. The molecule has 0 radical (unpaired) electrons. The maximum Gasteiger partial charge on any atom is 0.315 e. The number of urea groups is 1. The summed E-state index contributed by atoms with van der Waals surface area (Å²) in [7, 11) is 0. The predicted molar refractivity (Wildman–Crippen MR) is 90.8 cm³/mol. The number of hydrogen-bond donors (Lipinski definition) is 3. The lowest BCUT2D eigenvalue weighted by atomic mass is 9.87. The zero-order valence-corrected chi connectivity index (χ0v) is 14.8.